The number of nitrogens with one attached hydrogen (secondary N) is 1. The number of hydrogen-bond acceptors (Lipinski definition) is 3. The molecule has 86 valence electrons. The molecule has 0 aromatic rings. The van der Waals surface area contributed by atoms with Crippen LogP contribution in [0, 0.1) is 11.8 Å². The van der Waals surface area contributed by atoms with Crippen molar-refractivity contribution in [3.8, 4) is 0 Å². The summed E-state index contributed by atoms with van der Waals surface area (Å²) in [6, 6.07) is 0.255. The molecule has 1 saturated carbocycles. The Bertz CT molecular complexity index is 374. The molecule has 4 atom stereocenters. The van der Waals surface area contributed by atoms with E-state index in [1.165, 1.54) is 0 Å². The van der Waals surface area contributed by atoms with Crippen LogP contribution in [0.25, 0.3) is 0 Å². The molecule has 3 rings (SSSR count). The first-order chi connectivity index (χ1) is 7.66. The minimum Gasteiger partial charge on any atom is -0.481 e. The van der Waals surface area contributed by atoms with Gasteiger partial charge in [0.1, 0.15) is 5.92 Å². The van der Waals surface area contributed by atoms with Gasteiger partial charge in [-0.1, -0.05) is 12.2 Å². The van der Waals surface area contributed by atoms with Gasteiger partial charge >= 0.3 is 5.97 Å². The Kier molecular flexibility index (Phi) is 2.04. The van der Waals surface area contributed by atoms with Crippen LogP contribution >= 0.6 is 0 Å². The molecule has 0 aromatic heterocycles. The van der Waals surface area contributed by atoms with E-state index in [4.69, 9.17) is 9.84 Å². The van der Waals surface area contributed by atoms with E-state index in [2.05, 4.69) is 5.32 Å². The van der Waals surface area contributed by atoms with Gasteiger partial charge < -0.3 is 15.2 Å². The molecule has 2 aliphatic heterocycles. The van der Waals surface area contributed by atoms with Crippen molar-refractivity contribution in [2.75, 3.05) is 0 Å². The summed E-state index contributed by atoms with van der Waals surface area (Å²) in [5.41, 5.74) is 0. The fourth-order valence-electron chi connectivity index (χ4n) is 2.44. The molecule has 1 aliphatic carbocycles. The number of aliphatic carboxylic acids is 1. The number of rotatable bonds is 3. The van der Waals surface area contributed by atoms with Gasteiger partial charge in [0.15, 0.2) is 0 Å². The number of carbonyl (C=O) groups is 2. The Morgan fingerprint density at radius 2 is 1.81 bits per heavy atom. The van der Waals surface area contributed by atoms with Crippen molar-refractivity contribution in [3.05, 3.63) is 12.2 Å². The van der Waals surface area contributed by atoms with Crippen molar-refractivity contribution in [1.29, 1.82) is 0 Å². The first-order valence-corrected chi connectivity index (χ1v) is 5.54. The Morgan fingerprint density at radius 1 is 1.19 bits per heavy atom. The maximum atomic E-state index is 11.9. The molecule has 0 unspecified atom stereocenters. The molecule has 2 heterocycles. The van der Waals surface area contributed by atoms with Crippen molar-refractivity contribution in [3.63, 3.8) is 0 Å². The van der Waals surface area contributed by atoms with Gasteiger partial charge in [0, 0.05) is 6.04 Å². The number of ether oxygens (including phenoxy) is 1. The molecule has 1 saturated heterocycles. The molecule has 5 nitrogen and oxygen atoms in total. The quantitative estimate of drug-likeness (QED) is 0.656. The fourth-order valence-corrected chi connectivity index (χ4v) is 2.44. The molecule has 1 amide bonds. The Balaban J connectivity index is 1.78. The maximum Gasteiger partial charge on any atom is 0.310 e. The standard InChI is InChI=1S/C11H13NO4/c13-10(12-5-1-2-5)8-6-3-4-7(16-6)9(8)11(14)15/h3-9H,1-2H2,(H,12,13)(H,14,15)/t6-,7-,8+,9-/m0/s1. The summed E-state index contributed by atoms with van der Waals surface area (Å²) in [6.45, 7) is 0. The lowest BCUT2D eigenvalue weighted by Gasteiger charge is -2.20. The normalized spacial score (nSPS) is 40.0. The van der Waals surface area contributed by atoms with E-state index in [1.54, 1.807) is 12.2 Å². The molecule has 2 bridgehead atoms. The van der Waals surface area contributed by atoms with Crippen LogP contribution in [0.5, 0.6) is 0 Å². The number of fused-ring (bicyclic) bond motifs is 2. The second kappa shape index (κ2) is 3.31. The third kappa shape index (κ3) is 1.43. The zero-order chi connectivity index (χ0) is 11.3. The van der Waals surface area contributed by atoms with Crippen molar-refractivity contribution >= 4 is 11.9 Å². The van der Waals surface area contributed by atoms with Crippen LogP contribution in [0.2, 0.25) is 0 Å². The van der Waals surface area contributed by atoms with E-state index in [-0.39, 0.29) is 18.1 Å². The van der Waals surface area contributed by atoms with Crippen LogP contribution in [-0.2, 0) is 14.3 Å². The third-order valence-electron chi connectivity index (χ3n) is 3.41. The van der Waals surface area contributed by atoms with Gasteiger partial charge in [-0.3, -0.25) is 9.59 Å². The average molecular weight is 223 g/mol. The number of carboxylic acid groups (broad SMARTS) is 1. The summed E-state index contributed by atoms with van der Waals surface area (Å²) < 4.78 is 5.43. The molecule has 0 aromatic carbocycles. The smallest absolute Gasteiger partial charge is 0.310 e. The molecule has 2 fully saturated rings. The number of carbonyl (C=O) groups excluding carboxylic acids is 1. The minimum absolute atomic E-state index is 0.174. The first kappa shape index (κ1) is 9.84. The van der Waals surface area contributed by atoms with E-state index in [0.29, 0.717) is 0 Å². The molecular weight excluding hydrogens is 210 g/mol. The predicted octanol–water partition coefficient (Wildman–Crippen LogP) is -0.0808. The Labute approximate surface area is 92.5 Å². The summed E-state index contributed by atoms with van der Waals surface area (Å²) >= 11 is 0. The van der Waals surface area contributed by atoms with Crippen molar-refractivity contribution in [2.24, 2.45) is 11.8 Å². The largest absolute Gasteiger partial charge is 0.481 e. The zero-order valence-corrected chi connectivity index (χ0v) is 8.63. The van der Waals surface area contributed by atoms with Gasteiger partial charge in [0.05, 0.1) is 18.1 Å². The fraction of sp³-hybridized carbons (Fsp3) is 0.636. The van der Waals surface area contributed by atoms with Crippen LogP contribution in [0.4, 0.5) is 0 Å². The average Bonchev–Trinajstić information content (AvgIpc) is 2.81. The molecule has 3 aliphatic rings. The highest BCUT2D eigenvalue weighted by Gasteiger charge is 2.53. The molecule has 16 heavy (non-hydrogen) atoms. The van der Waals surface area contributed by atoms with Gasteiger partial charge in [-0.2, -0.15) is 0 Å². The highest BCUT2D eigenvalue weighted by molar-refractivity contribution is 5.87. The van der Waals surface area contributed by atoms with Crippen LogP contribution in [0.15, 0.2) is 12.2 Å². The van der Waals surface area contributed by atoms with E-state index in [1.807, 2.05) is 0 Å². The van der Waals surface area contributed by atoms with E-state index < -0.39 is 23.9 Å². The SMILES string of the molecule is O=C(O)[C@@H]1[C@H](C(=O)NC2CC2)[C@@H]2C=C[C@@H]1O2. The summed E-state index contributed by atoms with van der Waals surface area (Å²) in [6.07, 6.45) is 4.75. The maximum absolute atomic E-state index is 11.9. The predicted molar refractivity (Wildman–Crippen MR) is 53.6 cm³/mol. The lowest BCUT2D eigenvalue weighted by molar-refractivity contribution is -0.146. The topological polar surface area (TPSA) is 75.6 Å². The highest BCUT2D eigenvalue weighted by atomic mass is 16.5. The molecule has 2 N–H and O–H groups in total. The summed E-state index contributed by atoms with van der Waals surface area (Å²) in [5, 5.41) is 12.0. The number of hydrogen-bond donors (Lipinski definition) is 2. The highest BCUT2D eigenvalue weighted by Crippen LogP contribution is 2.39. The first-order valence-electron chi connectivity index (χ1n) is 5.54. The van der Waals surface area contributed by atoms with Crippen molar-refractivity contribution in [2.45, 2.75) is 31.1 Å². The van der Waals surface area contributed by atoms with E-state index in [9.17, 15) is 9.59 Å². The summed E-state index contributed by atoms with van der Waals surface area (Å²) in [4.78, 5) is 23.0. The van der Waals surface area contributed by atoms with Crippen LogP contribution in [0.1, 0.15) is 12.8 Å². The lowest BCUT2D eigenvalue weighted by Crippen LogP contribution is -2.43. The Morgan fingerprint density at radius 3 is 2.38 bits per heavy atom. The van der Waals surface area contributed by atoms with Crippen LogP contribution in [0.3, 0.4) is 0 Å². The number of amides is 1. The van der Waals surface area contributed by atoms with Gasteiger partial charge in [-0.25, -0.2) is 0 Å². The van der Waals surface area contributed by atoms with Crippen LogP contribution in [-0.4, -0.2) is 35.2 Å². The second-order valence-corrected chi connectivity index (χ2v) is 4.62. The van der Waals surface area contributed by atoms with Gasteiger partial charge in [0.25, 0.3) is 0 Å². The Hall–Kier alpha value is -1.36. The summed E-state index contributed by atoms with van der Waals surface area (Å²) in [5.74, 6) is -2.42. The molecule has 0 radical (unpaired) electrons. The summed E-state index contributed by atoms with van der Waals surface area (Å²) in [7, 11) is 0. The third-order valence-corrected chi connectivity index (χ3v) is 3.41. The molecule has 0 spiro atoms. The van der Waals surface area contributed by atoms with E-state index >= 15 is 0 Å². The van der Waals surface area contributed by atoms with Gasteiger partial charge in [0.2, 0.25) is 5.91 Å². The van der Waals surface area contributed by atoms with Crippen molar-refractivity contribution < 1.29 is 19.4 Å². The van der Waals surface area contributed by atoms with Gasteiger partial charge in [-0.05, 0) is 12.8 Å². The van der Waals surface area contributed by atoms with Crippen molar-refractivity contribution in [1.82, 2.24) is 5.32 Å². The zero-order valence-electron chi connectivity index (χ0n) is 8.63. The lowest BCUT2D eigenvalue weighted by atomic mass is 9.82. The number of carboxylic acids is 1. The monoisotopic (exact) mass is 223 g/mol. The molecule has 5 heteroatoms. The van der Waals surface area contributed by atoms with Crippen LogP contribution < -0.4 is 5.32 Å². The molecular formula is C11H13NO4. The minimum atomic E-state index is -0.951. The second-order valence-electron chi connectivity index (χ2n) is 4.62. The van der Waals surface area contributed by atoms with E-state index in [0.717, 1.165) is 12.8 Å². The van der Waals surface area contributed by atoms with Gasteiger partial charge in [-0.15, -0.1) is 0 Å².